The van der Waals surface area contributed by atoms with Crippen molar-refractivity contribution in [2.24, 2.45) is 5.73 Å². The largest absolute Gasteiger partial charge is 0.405 e. The van der Waals surface area contributed by atoms with Crippen LogP contribution in [0.2, 0.25) is 0 Å². The molecule has 1 aromatic heterocycles. The lowest BCUT2D eigenvalue weighted by Gasteiger charge is -2.30. The van der Waals surface area contributed by atoms with Crippen LogP contribution in [-0.4, -0.2) is 78.5 Å². The third-order valence-electron chi connectivity index (χ3n) is 4.42. The summed E-state index contributed by atoms with van der Waals surface area (Å²) in [5, 5.41) is 24.0. The quantitative estimate of drug-likeness (QED) is 0.422. The number of ether oxygens (including phenoxy) is 1. The van der Waals surface area contributed by atoms with Crippen LogP contribution in [0.25, 0.3) is 0 Å². The highest BCUT2D eigenvalue weighted by atomic mass is 31.2. The number of rotatable bonds is 6. The molecule has 0 spiro atoms. The van der Waals surface area contributed by atoms with Crippen molar-refractivity contribution in [3.05, 3.63) is 12.2 Å². The molecule has 0 aromatic carbocycles. The molecule has 5 N–H and O–H groups in total. The second kappa shape index (κ2) is 7.69. The van der Waals surface area contributed by atoms with Crippen LogP contribution in [0.1, 0.15) is 36.1 Å². The highest BCUT2D eigenvalue weighted by molar-refractivity contribution is 7.50. The van der Waals surface area contributed by atoms with Crippen molar-refractivity contribution in [3.8, 4) is 0 Å². The molecule has 13 heteroatoms. The standard InChI is InChI=1S/C13H22N5O7P/c14-11(21)12-15-7-18(16-12)13-10(20)9(19)8(25-13)6-24-26(22,23)17-4-2-1-3-5-17/h7-10,13,19-20H,1-6H2,(H2,14,21)(H,22,23)/t8-,9-,10-,13-/m1/s1. The van der Waals surface area contributed by atoms with Gasteiger partial charge in [-0.15, -0.1) is 5.10 Å². The fourth-order valence-corrected chi connectivity index (χ4v) is 4.27. The van der Waals surface area contributed by atoms with Crippen LogP contribution in [0.15, 0.2) is 6.33 Å². The Morgan fingerprint density at radius 3 is 2.65 bits per heavy atom. The van der Waals surface area contributed by atoms with E-state index in [0.29, 0.717) is 13.1 Å². The van der Waals surface area contributed by atoms with Crippen molar-refractivity contribution in [1.29, 1.82) is 0 Å². The Kier molecular flexibility index (Phi) is 5.72. The fraction of sp³-hybridized carbons (Fsp3) is 0.769. The molecule has 3 rings (SSSR count). The average Bonchev–Trinajstić information content (AvgIpc) is 3.21. The van der Waals surface area contributed by atoms with Crippen LogP contribution in [0.3, 0.4) is 0 Å². The molecule has 1 unspecified atom stereocenters. The van der Waals surface area contributed by atoms with E-state index >= 15 is 0 Å². The van der Waals surface area contributed by atoms with Gasteiger partial charge in [-0.3, -0.25) is 9.32 Å². The molecule has 0 aliphatic carbocycles. The maximum atomic E-state index is 12.3. The number of hydrogen-bond acceptors (Lipinski definition) is 8. The minimum Gasteiger partial charge on any atom is -0.387 e. The Morgan fingerprint density at radius 1 is 1.35 bits per heavy atom. The van der Waals surface area contributed by atoms with E-state index in [2.05, 4.69) is 10.1 Å². The van der Waals surface area contributed by atoms with Gasteiger partial charge in [0.25, 0.3) is 5.91 Å². The first kappa shape index (κ1) is 19.4. The van der Waals surface area contributed by atoms with Gasteiger partial charge in [-0.1, -0.05) is 6.42 Å². The Balaban J connectivity index is 1.62. The lowest BCUT2D eigenvalue weighted by Crippen LogP contribution is -2.35. The van der Waals surface area contributed by atoms with E-state index in [1.807, 2.05) is 0 Å². The van der Waals surface area contributed by atoms with Gasteiger partial charge < -0.3 is 25.6 Å². The van der Waals surface area contributed by atoms with Crippen LogP contribution in [0.5, 0.6) is 0 Å². The molecule has 26 heavy (non-hydrogen) atoms. The number of hydrogen-bond donors (Lipinski definition) is 4. The molecule has 0 saturated carbocycles. The van der Waals surface area contributed by atoms with Crippen LogP contribution >= 0.6 is 7.75 Å². The molecule has 2 fully saturated rings. The third kappa shape index (κ3) is 3.96. The predicted octanol–water partition coefficient (Wildman–Crippen LogP) is -1.40. The summed E-state index contributed by atoms with van der Waals surface area (Å²) in [6, 6.07) is 0. The smallest absolute Gasteiger partial charge is 0.387 e. The zero-order valence-electron chi connectivity index (χ0n) is 13.9. The lowest BCUT2D eigenvalue weighted by atomic mass is 10.1. The van der Waals surface area contributed by atoms with E-state index < -0.39 is 44.8 Å². The van der Waals surface area contributed by atoms with E-state index in [1.165, 1.54) is 4.67 Å². The molecule has 1 amide bonds. The Labute approximate surface area is 149 Å². The summed E-state index contributed by atoms with van der Waals surface area (Å²) < 4.78 is 25.4. The molecule has 146 valence electrons. The maximum absolute atomic E-state index is 12.3. The lowest BCUT2D eigenvalue weighted by molar-refractivity contribution is -0.0577. The first-order valence-electron chi connectivity index (χ1n) is 8.25. The van der Waals surface area contributed by atoms with Crippen molar-refractivity contribution in [2.45, 2.75) is 43.8 Å². The first-order valence-corrected chi connectivity index (χ1v) is 9.78. The number of aromatic nitrogens is 3. The van der Waals surface area contributed by atoms with E-state index in [1.54, 1.807) is 0 Å². The van der Waals surface area contributed by atoms with Crippen molar-refractivity contribution in [3.63, 3.8) is 0 Å². The number of nitrogens with zero attached hydrogens (tertiary/aromatic N) is 4. The number of piperidine rings is 1. The number of aliphatic hydroxyl groups is 2. The molecule has 0 bridgehead atoms. The van der Waals surface area contributed by atoms with Crippen molar-refractivity contribution >= 4 is 13.7 Å². The molecular weight excluding hydrogens is 369 g/mol. The summed E-state index contributed by atoms with van der Waals surface area (Å²) in [4.78, 5) is 24.8. The maximum Gasteiger partial charge on any atom is 0.405 e. The number of amides is 1. The monoisotopic (exact) mass is 391 g/mol. The first-order chi connectivity index (χ1) is 12.3. The van der Waals surface area contributed by atoms with E-state index in [0.717, 1.165) is 30.3 Å². The van der Waals surface area contributed by atoms with E-state index in [9.17, 15) is 24.5 Å². The minimum atomic E-state index is -4.00. The molecular formula is C13H22N5O7P. The van der Waals surface area contributed by atoms with Gasteiger partial charge in [0.2, 0.25) is 5.82 Å². The Morgan fingerprint density at radius 2 is 2.04 bits per heavy atom. The number of nitrogens with two attached hydrogens (primary N) is 1. The summed E-state index contributed by atoms with van der Waals surface area (Å²) in [7, 11) is -4.00. The molecule has 3 heterocycles. The van der Waals surface area contributed by atoms with Crippen molar-refractivity contribution in [1.82, 2.24) is 19.4 Å². The van der Waals surface area contributed by atoms with Gasteiger partial charge in [-0.05, 0) is 12.8 Å². The molecule has 12 nitrogen and oxygen atoms in total. The van der Waals surface area contributed by atoms with E-state index in [4.69, 9.17) is 15.0 Å². The minimum absolute atomic E-state index is 0.264. The summed E-state index contributed by atoms with van der Waals surface area (Å²) in [6.45, 7) is 0.528. The Bertz CT molecular complexity index is 694. The van der Waals surface area contributed by atoms with Gasteiger partial charge >= 0.3 is 7.75 Å². The van der Waals surface area contributed by atoms with Crippen LogP contribution in [0, 0.1) is 0 Å². The number of carbonyl (C=O) groups is 1. The van der Waals surface area contributed by atoms with Crippen LogP contribution in [-0.2, 0) is 13.8 Å². The van der Waals surface area contributed by atoms with Crippen LogP contribution in [0.4, 0.5) is 0 Å². The van der Waals surface area contributed by atoms with Crippen molar-refractivity contribution in [2.75, 3.05) is 19.7 Å². The highest BCUT2D eigenvalue weighted by Crippen LogP contribution is 2.48. The SMILES string of the molecule is NC(=O)c1ncn([C@@H]2O[C@H](COP(=O)(O)N3CCCCC3)[C@@H](O)[C@H]2O)n1. The zero-order valence-corrected chi connectivity index (χ0v) is 14.8. The fourth-order valence-electron chi connectivity index (χ4n) is 2.98. The zero-order chi connectivity index (χ0) is 18.9. The number of aliphatic hydroxyl groups excluding tert-OH is 2. The highest BCUT2D eigenvalue weighted by Gasteiger charge is 2.45. The molecule has 0 radical (unpaired) electrons. The van der Waals surface area contributed by atoms with Gasteiger partial charge in [0, 0.05) is 13.1 Å². The second-order valence-corrected chi connectivity index (χ2v) is 8.06. The number of carbonyl (C=O) groups excluding carboxylic acids is 1. The van der Waals surface area contributed by atoms with E-state index in [-0.39, 0.29) is 5.82 Å². The van der Waals surface area contributed by atoms with Gasteiger partial charge in [-0.25, -0.2) is 18.9 Å². The van der Waals surface area contributed by atoms with Gasteiger partial charge in [-0.2, -0.15) is 0 Å². The van der Waals surface area contributed by atoms with Crippen LogP contribution < -0.4 is 5.73 Å². The van der Waals surface area contributed by atoms with Crippen molar-refractivity contribution < 1.29 is 33.7 Å². The molecule has 2 aliphatic rings. The summed E-state index contributed by atoms with van der Waals surface area (Å²) >= 11 is 0. The molecule has 1 aromatic rings. The summed E-state index contributed by atoms with van der Waals surface area (Å²) in [5.74, 6) is -1.11. The Hall–Kier alpha value is -1.40. The average molecular weight is 391 g/mol. The second-order valence-electron chi connectivity index (χ2n) is 6.26. The normalized spacial score (nSPS) is 32.4. The molecule has 2 aliphatic heterocycles. The molecule has 2 saturated heterocycles. The summed E-state index contributed by atoms with van der Waals surface area (Å²) in [6.07, 6.45) is -1.19. The number of primary amides is 1. The molecule has 5 atom stereocenters. The van der Waals surface area contributed by atoms with Gasteiger partial charge in [0.15, 0.2) is 6.23 Å². The summed E-state index contributed by atoms with van der Waals surface area (Å²) in [5.41, 5.74) is 5.07. The predicted molar refractivity (Wildman–Crippen MR) is 85.7 cm³/mol. The topological polar surface area (TPSA) is 173 Å². The van der Waals surface area contributed by atoms with Gasteiger partial charge in [0.05, 0.1) is 6.61 Å². The van der Waals surface area contributed by atoms with Gasteiger partial charge in [0.1, 0.15) is 24.6 Å². The third-order valence-corrected chi connectivity index (χ3v) is 6.02.